The average Bonchev–Trinajstić information content (AvgIpc) is 2.76. The molecule has 0 atom stereocenters. The maximum atomic E-state index is 12.2. The van der Waals surface area contributed by atoms with Gasteiger partial charge in [0.15, 0.2) is 0 Å². The first kappa shape index (κ1) is 28.1. The van der Waals surface area contributed by atoms with Crippen LogP contribution >= 0.6 is 0 Å². The van der Waals surface area contributed by atoms with Crippen LogP contribution in [0.2, 0.25) is 0 Å². The van der Waals surface area contributed by atoms with Crippen molar-refractivity contribution >= 4 is 24.1 Å². The number of nitrogens with one attached hydrogen (secondary N) is 3. The van der Waals surface area contributed by atoms with E-state index in [1.165, 1.54) is 7.11 Å². The zero-order chi connectivity index (χ0) is 26.0. The van der Waals surface area contributed by atoms with Gasteiger partial charge < -0.3 is 14.8 Å². The van der Waals surface area contributed by atoms with Gasteiger partial charge in [0.1, 0.15) is 5.60 Å². The summed E-state index contributed by atoms with van der Waals surface area (Å²) in [6.45, 7) is 12.1. The Labute approximate surface area is 207 Å². The number of hydrogen-bond acceptors (Lipinski definition) is 7. The van der Waals surface area contributed by atoms with Gasteiger partial charge in [0, 0.05) is 19.1 Å². The Balaban J connectivity index is 1.90. The topological polar surface area (TPSA) is 121 Å². The third-order valence-electron chi connectivity index (χ3n) is 5.27. The molecule has 0 radical (unpaired) electrons. The number of carbonyl (C=O) groups excluding carboxylic acids is 3. The van der Waals surface area contributed by atoms with E-state index in [-0.39, 0.29) is 18.0 Å². The van der Waals surface area contributed by atoms with Crippen LogP contribution in [0.3, 0.4) is 0 Å². The van der Waals surface area contributed by atoms with Crippen molar-refractivity contribution in [1.29, 1.82) is 0 Å². The van der Waals surface area contributed by atoms with E-state index in [9.17, 15) is 14.4 Å². The lowest BCUT2D eigenvalue weighted by Crippen LogP contribution is -2.50. The molecule has 35 heavy (non-hydrogen) atoms. The molecule has 1 aromatic carbocycles. The summed E-state index contributed by atoms with van der Waals surface area (Å²) in [5.41, 5.74) is 1.01. The molecule has 3 amide bonds. The minimum Gasteiger partial charge on any atom is -0.465 e. The Kier molecular flexibility index (Phi) is 10.5. The monoisotopic (exact) mass is 489 g/mol. The molecule has 0 spiro atoms. The van der Waals surface area contributed by atoms with Crippen LogP contribution in [-0.4, -0.2) is 67.3 Å². The molecule has 10 nitrogen and oxygen atoms in total. The van der Waals surface area contributed by atoms with Gasteiger partial charge in [-0.15, -0.1) is 0 Å². The summed E-state index contributed by atoms with van der Waals surface area (Å²) < 4.78 is 10.0. The third-order valence-corrected chi connectivity index (χ3v) is 5.27. The van der Waals surface area contributed by atoms with Crippen molar-refractivity contribution < 1.29 is 23.9 Å². The molecule has 1 aliphatic rings. The quantitative estimate of drug-likeness (QED) is 0.320. The van der Waals surface area contributed by atoms with Crippen LogP contribution in [0.5, 0.6) is 0 Å². The van der Waals surface area contributed by atoms with Gasteiger partial charge in [0.25, 0.3) is 0 Å². The van der Waals surface area contributed by atoms with E-state index in [0.717, 1.165) is 38.0 Å². The highest BCUT2D eigenvalue weighted by molar-refractivity contribution is 6.02. The fourth-order valence-electron chi connectivity index (χ4n) is 3.59. The van der Waals surface area contributed by atoms with Gasteiger partial charge in [-0.25, -0.2) is 14.4 Å². The lowest BCUT2D eigenvalue weighted by atomic mass is 9.96. The van der Waals surface area contributed by atoms with E-state index in [2.05, 4.69) is 25.8 Å². The largest absolute Gasteiger partial charge is 0.465 e. The van der Waals surface area contributed by atoms with Crippen molar-refractivity contribution in [3.63, 3.8) is 0 Å². The number of urea groups is 1. The molecular weight excluding hydrogens is 450 g/mol. The van der Waals surface area contributed by atoms with Crippen molar-refractivity contribution in [2.45, 2.75) is 65.6 Å². The van der Waals surface area contributed by atoms with Crippen molar-refractivity contribution in [3.05, 3.63) is 35.4 Å². The highest BCUT2D eigenvalue weighted by Gasteiger charge is 2.21. The standard InChI is InChI=1S/C25H39N5O5/c1-17(2)27-23(32)28-22(29-24(33)35-25(3,4)5)26-15-18-11-13-30(14-12-18)16-19-7-9-20(10-8-19)21(31)34-6/h7-10,17-18H,11-16H2,1-6H3,(H3,26,27,28,29,32,33). The number of amides is 3. The Morgan fingerprint density at radius 2 is 1.71 bits per heavy atom. The van der Waals surface area contributed by atoms with E-state index in [1.807, 2.05) is 26.0 Å². The van der Waals surface area contributed by atoms with Crippen LogP contribution in [0.1, 0.15) is 63.4 Å². The van der Waals surface area contributed by atoms with Crippen molar-refractivity contribution in [1.82, 2.24) is 20.9 Å². The van der Waals surface area contributed by atoms with Gasteiger partial charge in [-0.2, -0.15) is 0 Å². The van der Waals surface area contributed by atoms with Crippen LogP contribution < -0.4 is 16.0 Å². The maximum Gasteiger partial charge on any atom is 0.414 e. The van der Waals surface area contributed by atoms with E-state index in [1.54, 1.807) is 32.9 Å². The summed E-state index contributed by atoms with van der Waals surface area (Å²) >= 11 is 0. The number of likely N-dealkylation sites (tertiary alicyclic amines) is 1. The number of hydrogen-bond donors (Lipinski definition) is 3. The molecule has 0 aromatic heterocycles. The van der Waals surface area contributed by atoms with Gasteiger partial charge >= 0.3 is 18.1 Å². The van der Waals surface area contributed by atoms with E-state index < -0.39 is 17.7 Å². The van der Waals surface area contributed by atoms with Gasteiger partial charge in [0.2, 0.25) is 5.96 Å². The van der Waals surface area contributed by atoms with E-state index in [4.69, 9.17) is 9.47 Å². The zero-order valence-electron chi connectivity index (χ0n) is 21.6. The van der Waals surface area contributed by atoms with Gasteiger partial charge in [-0.05, 0) is 84.2 Å². The Bertz CT molecular complexity index is 885. The Morgan fingerprint density at radius 1 is 1.09 bits per heavy atom. The predicted octanol–water partition coefficient (Wildman–Crippen LogP) is 3.27. The number of alkyl carbamates (subject to hydrolysis) is 1. The molecule has 0 bridgehead atoms. The SMILES string of the molecule is COC(=O)c1ccc(CN2CCC(CN=C(NC(=O)NC(C)C)NC(=O)OC(C)(C)C)CC2)cc1. The molecule has 1 aliphatic heterocycles. The van der Waals surface area contributed by atoms with Gasteiger partial charge in [-0.1, -0.05) is 12.1 Å². The number of rotatable bonds is 6. The first-order valence-corrected chi connectivity index (χ1v) is 12.0. The molecule has 194 valence electrons. The maximum absolute atomic E-state index is 12.2. The molecule has 0 unspecified atom stereocenters. The van der Waals surface area contributed by atoms with Crippen molar-refractivity contribution in [3.8, 4) is 0 Å². The van der Waals surface area contributed by atoms with Crippen molar-refractivity contribution in [2.24, 2.45) is 10.9 Å². The first-order chi connectivity index (χ1) is 16.4. The number of guanidine groups is 1. The summed E-state index contributed by atoms with van der Waals surface area (Å²) in [4.78, 5) is 42.8. The summed E-state index contributed by atoms with van der Waals surface area (Å²) in [6, 6.07) is 6.96. The number of ether oxygens (including phenoxy) is 2. The van der Waals surface area contributed by atoms with Crippen molar-refractivity contribution in [2.75, 3.05) is 26.7 Å². The van der Waals surface area contributed by atoms with Crippen LogP contribution in [0.25, 0.3) is 0 Å². The number of methoxy groups -OCH3 is 1. The fraction of sp³-hybridized carbons (Fsp3) is 0.600. The lowest BCUT2D eigenvalue weighted by Gasteiger charge is -2.31. The Hall–Kier alpha value is -3.14. The molecule has 10 heteroatoms. The lowest BCUT2D eigenvalue weighted by molar-refractivity contribution is 0.0559. The second-order valence-corrected chi connectivity index (χ2v) is 9.98. The third kappa shape index (κ3) is 10.8. The number of aliphatic imine (C=N–C) groups is 1. The molecule has 1 heterocycles. The highest BCUT2D eigenvalue weighted by atomic mass is 16.6. The summed E-state index contributed by atoms with van der Waals surface area (Å²) in [7, 11) is 1.37. The van der Waals surface area contributed by atoms with E-state index >= 15 is 0 Å². The molecule has 3 N–H and O–H groups in total. The van der Waals surface area contributed by atoms with Gasteiger partial charge in [-0.3, -0.25) is 20.5 Å². The minimum atomic E-state index is -0.672. The first-order valence-electron chi connectivity index (χ1n) is 12.0. The minimum absolute atomic E-state index is 0.0567. The molecule has 1 fully saturated rings. The smallest absolute Gasteiger partial charge is 0.414 e. The number of carbonyl (C=O) groups is 3. The second kappa shape index (κ2) is 13.1. The van der Waals surface area contributed by atoms with Crippen LogP contribution in [-0.2, 0) is 16.0 Å². The zero-order valence-corrected chi connectivity index (χ0v) is 21.6. The summed E-state index contributed by atoms with van der Waals surface area (Å²) in [5, 5.41) is 7.88. The average molecular weight is 490 g/mol. The molecule has 2 rings (SSSR count). The fourth-order valence-corrected chi connectivity index (χ4v) is 3.59. The van der Waals surface area contributed by atoms with E-state index in [0.29, 0.717) is 18.0 Å². The predicted molar refractivity (Wildman–Crippen MR) is 134 cm³/mol. The second-order valence-electron chi connectivity index (χ2n) is 9.98. The molecule has 1 aromatic rings. The summed E-state index contributed by atoms with van der Waals surface area (Å²) in [6.07, 6.45) is 1.22. The Morgan fingerprint density at radius 3 is 2.26 bits per heavy atom. The van der Waals surface area contributed by atoms with Crippen LogP contribution in [0.4, 0.5) is 9.59 Å². The summed E-state index contributed by atoms with van der Waals surface area (Å²) in [5.74, 6) is 0.0681. The molecule has 1 saturated heterocycles. The number of nitrogens with zero attached hydrogens (tertiary/aromatic N) is 2. The molecular formula is C25H39N5O5. The molecule has 0 aliphatic carbocycles. The van der Waals surface area contributed by atoms with Crippen LogP contribution in [0, 0.1) is 5.92 Å². The molecule has 0 saturated carbocycles. The number of esters is 1. The number of piperidine rings is 1. The highest BCUT2D eigenvalue weighted by Crippen LogP contribution is 2.20. The van der Waals surface area contributed by atoms with Gasteiger partial charge in [0.05, 0.1) is 12.7 Å². The van der Waals surface area contributed by atoms with Crippen LogP contribution in [0.15, 0.2) is 29.3 Å². The normalized spacial score (nSPS) is 15.5. The number of benzene rings is 1.